The van der Waals surface area contributed by atoms with Gasteiger partial charge in [0.2, 0.25) is 0 Å². The third-order valence-corrected chi connectivity index (χ3v) is 6.02. The Morgan fingerprint density at radius 3 is 2.88 bits per heavy atom. The third-order valence-electron chi connectivity index (χ3n) is 6.02. The number of aliphatic imine (C=N–C) groups is 1. The Morgan fingerprint density at radius 1 is 1.22 bits per heavy atom. The fourth-order valence-electron chi connectivity index (χ4n) is 4.50. The predicted octanol–water partition coefficient (Wildman–Crippen LogP) is 2.90. The van der Waals surface area contributed by atoms with Crippen molar-refractivity contribution in [3.8, 4) is 0 Å². The van der Waals surface area contributed by atoms with Crippen molar-refractivity contribution in [2.45, 2.75) is 32.2 Å². The number of carbonyl (C=O) groups is 1. The summed E-state index contributed by atoms with van der Waals surface area (Å²) >= 11 is 0. The second-order valence-electron chi connectivity index (χ2n) is 8.09. The van der Waals surface area contributed by atoms with Gasteiger partial charge in [-0.05, 0) is 41.8 Å². The van der Waals surface area contributed by atoms with Gasteiger partial charge in [0.05, 0.1) is 11.7 Å². The molecule has 2 atom stereocenters. The lowest BCUT2D eigenvalue weighted by atomic mass is 10.00. The van der Waals surface area contributed by atoms with E-state index in [2.05, 4.69) is 52.1 Å². The third kappa shape index (κ3) is 3.72. The van der Waals surface area contributed by atoms with Crippen molar-refractivity contribution in [3.63, 3.8) is 0 Å². The molecule has 2 aromatic heterocycles. The quantitative estimate of drug-likeness (QED) is 0.504. The van der Waals surface area contributed by atoms with E-state index in [-0.39, 0.29) is 12.3 Å². The molecule has 0 bridgehead atoms. The highest BCUT2D eigenvalue weighted by Crippen LogP contribution is 2.30. The van der Waals surface area contributed by atoms with Gasteiger partial charge >= 0.3 is 0 Å². The first kappa shape index (κ1) is 20.2. The number of fused-ring (bicyclic) bond motifs is 1. The molecular formula is C25H26N6O. The molecule has 162 valence electrons. The molecule has 1 aromatic carbocycles. The Bertz CT molecular complexity index is 1250. The van der Waals surface area contributed by atoms with E-state index in [9.17, 15) is 4.79 Å². The minimum Gasteiger partial charge on any atom is -0.366 e. The number of benzene rings is 1. The van der Waals surface area contributed by atoms with E-state index in [4.69, 9.17) is 5.73 Å². The summed E-state index contributed by atoms with van der Waals surface area (Å²) in [7, 11) is 0. The van der Waals surface area contributed by atoms with E-state index < -0.39 is 5.91 Å². The maximum atomic E-state index is 11.9. The largest absolute Gasteiger partial charge is 0.366 e. The molecule has 7 nitrogen and oxygen atoms in total. The molecule has 1 amide bonds. The van der Waals surface area contributed by atoms with Gasteiger partial charge in [-0.2, -0.15) is 0 Å². The highest BCUT2D eigenvalue weighted by molar-refractivity contribution is 5.92. The number of aromatic nitrogens is 1. The van der Waals surface area contributed by atoms with Gasteiger partial charge in [0.15, 0.2) is 0 Å². The van der Waals surface area contributed by atoms with Crippen LogP contribution in [-0.4, -0.2) is 22.7 Å². The second kappa shape index (κ2) is 8.45. The van der Waals surface area contributed by atoms with Gasteiger partial charge in [-0.3, -0.25) is 20.4 Å². The summed E-state index contributed by atoms with van der Waals surface area (Å²) in [5, 5.41) is 11.0. The second-order valence-corrected chi connectivity index (χ2v) is 8.09. The Labute approximate surface area is 186 Å². The van der Waals surface area contributed by atoms with Crippen LogP contribution in [0.4, 0.5) is 0 Å². The fourth-order valence-corrected chi connectivity index (χ4v) is 4.50. The first-order valence-corrected chi connectivity index (χ1v) is 10.7. The molecule has 3 aromatic rings. The van der Waals surface area contributed by atoms with Crippen molar-refractivity contribution in [3.05, 3.63) is 101 Å². The molecule has 5 rings (SSSR count). The summed E-state index contributed by atoms with van der Waals surface area (Å²) in [5.41, 5.74) is 12.7. The Kier molecular flexibility index (Phi) is 5.34. The minimum atomic E-state index is -0.446. The van der Waals surface area contributed by atoms with Gasteiger partial charge in [0.25, 0.3) is 5.91 Å². The molecule has 0 aliphatic carbocycles. The summed E-state index contributed by atoms with van der Waals surface area (Å²) in [6, 6.07) is 16.0. The lowest BCUT2D eigenvalue weighted by Crippen LogP contribution is -2.53. The molecule has 2 aliphatic rings. The minimum absolute atomic E-state index is 0.0423. The average molecular weight is 427 g/mol. The number of hydrogen-bond acceptors (Lipinski definition) is 5. The van der Waals surface area contributed by atoms with Crippen LogP contribution in [-0.2, 0) is 6.54 Å². The van der Waals surface area contributed by atoms with Crippen molar-refractivity contribution in [2.24, 2.45) is 10.7 Å². The van der Waals surface area contributed by atoms with Crippen molar-refractivity contribution in [1.29, 1.82) is 0 Å². The number of aryl methyl sites for hydroxylation is 1. The number of nitrogens with one attached hydrogen (secondary N) is 3. The van der Waals surface area contributed by atoms with Gasteiger partial charge in [0, 0.05) is 42.8 Å². The normalized spacial score (nSPS) is 20.2. The average Bonchev–Trinajstić information content (AvgIpc) is 2.96. The van der Waals surface area contributed by atoms with Crippen LogP contribution in [0.2, 0.25) is 0 Å². The van der Waals surface area contributed by atoms with Gasteiger partial charge in [-0.25, -0.2) is 0 Å². The Hall–Kier alpha value is -3.68. The molecule has 2 aliphatic heterocycles. The molecule has 4 heterocycles. The van der Waals surface area contributed by atoms with Crippen molar-refractivity contribution < 1.29 is 4.79 Å². The van der Waals surface area contributed by atoms with Crippen molar-refractivity contribution >= 4 is 17.6 Å². The molecule has 2 unspecified atom stereocenters. The Morgan fingerprint density at radius 2 is 2.06 bits per heavy atom. The summed E-state index contributed by atoms with van der Waals surface area (Å²) in [6.07, 6.45) is 8.29. The molecule has 0 radical (unpaired) electrons. The molecule has 5 N–H and O–H groups in total. The van der Waals surface area contributed by atoms with Gasteiger partial charge in [-0.15, -0.1) is 0 Å². The number of allylic oxidation sites excluding steroid dienone is 1. The number of rotatable bonds is 5. The number of pyridine rings is 1. The lowest BCUT2D eigenvalue weighted by Gasteiger charge is -2.36. The van der Waals surface area contributed by atoms with Crippen LogP contribution in [0.1, 0.15) is 39.8 Å². The molecule has 7 heteroatoms. The van der Waals surface area contributed by atoms with Crippen LogP contribution in [0.3, 0.4) is 0 Å². The van der Waals surface area contributed by atoms with Crippen LogP contribution in [0.15, 0.2) is 83.3 Å². The summed E-state index contributed by atoms with van der Waals surface area (Å²) < 4.78 is 1.87. The molecular weight excluding hydrogens is 400 g/mol. The predicted molar refractivity (Wildman–Crippen MR) is 126 cm³/mol. The number of primary amides is 1. The Balaban J connectivity index is 1.52. The van der Waals surface area contributed by atoms with E-state index in [1.54, 1.807) is 6.07 Å². The number of nitrogens with two attached hydrogens (primary N) is 1. The standard InChI is InChI=1S/C25H26N6O/c1-16-15-31-20(8-5-9-21(31)23(26)32)22(16)25-29-19-11-13-27-12-10-18(19)24(30-25)28-14-17-6-3-2-4-7-17/h2-9,11-13,15,24-25,28-30H,10,14H2,1H3,(H2,26,32). The van der Waals surface area contributed by atoms with Crippen molar-refractivity contribution in [2.75, 3.05) is 0 Å². The van der Waals surface area contributed by atoms with Crippen LogP contribution in [0.25, 0.3) is 5.52 Å². The topological polar surface area (TPSA) is 96.0 Å². The molecule has 32 heavy (non-hydrogen) atoms. The zero-order valence-electron chi connectivity index (χ0n) is 17.9. The van der Waals surface area contributed by atoms with E-state index >= 15 is 0 Å². The van der Waals surface area contributed by atoms with Crippen molar-refractivity contribution in [1.82, 2.24) is 20.4 Å². The van der Waals surface area contributed by atoms with E-state index in [1.165, 1.54) is 11.1 Å². The van der Waals surface area contributed by atoms with E-state index in [1.807, 2.05) is 47.3 Å². The van der Waals surface area contributed by atoms with Crippen LogP contribution in [0, 0.1) is 6.92 Å². The van der Waals surface area contributed by atoms with E-state index in [0.717, 1.165) is 35.3 Å². The van der Waals surface area contributed by atoms with Gasteiger partial charge in [0.1, 0.15) is 11.9 Å². The smallest absolute Gasteiger partial charge is 0.265 e. The highest BCUT2D eigenvalue weighted by Gasteiger charge is 2.30. The molecule has 0 saturated carbocycles. The number of hydrogen-bond donors (Lipinski definition) is 4. The van der Waals surface area contributed by atoms with Gasteiger partial charge in [-0.1, -0.05) is 36.4 Å². The van der Waals surface area contributed by atoms with E-state index in [0.29, 0.717) is 5.69 Å². The number of amides is 1. The molecule has 0 saturated heterocycles. The monoisotopic (exact) mass is 426 g/mol. The highest BCUT2D eigenvalue weighted by atomic mass is 16.1. The van der Waals surface area contributed by atoms with Crippen LogP contribution < -0.4 is 21.7 Å². The summed E-state index contributed by atoms with van der Waals surface area (Å²) in [4.78, 5) is 16.3. The molecule has 0 spiro atoms. The zero-order chi connectivity index (χ0) is 22.1. The van der Waals surface area contributed by atoms with Crippen LogP contribution >= 0.6 is 0 Å². The molecule has 0 fully saturated rings. The number of nitrogens with zero attached hydrogens (tertiary/aromatic N) is 2. The first-order valence-electron chi connectivity index (χ1n) is 10.7. The van der Waals surface area contributed by atoms with Crippen LogP contribution in [0.5, 0.6) is 0 Å². The maximum Gasteiger partial charge on any atom is 0.265 e. The first-order chi connectivity index (χ1) is 15.6. The zero-order valence-corrected chi connectivity index (χ0v) is 17.9. The van der Waals surface area contributed by atoms with Gasteiger partial charge < -0.3 is 15.5 Å². The fraction of sp³-hybridized carbons (Fsp3) is 0.200. The SMILES string of the molecule is Cc1cn2c(C(N)=O)cccc2c1C1NC2=C(CC=NC=C2)C(NCc2ccccc2)N1. The lowest BCUT2D eigenvalue weighted by molar-refractivity contribution is 0.0994. The number of carbonyl (C=O) groups excluding carboxylic acids is 1. The summed E-state index contributed by atoms with van der Waals surface area (Å²) in [6.45, 7) is 2.79. The summed E-state index contributed by atoms with van der Waals surface area (Å²) in [5.74, 6) is -0.446. The maximum absolute atomic E-state index is 11.9.